The van der Waals surface area contributed by atoms with Gasteiger partial charge in [-0.05, 0) is 19.4 Å². The third-order valence-corrected chi connectivity index (χ3v) is 1.21. The Kier molecular flexibility index (Phi) is 9.53. The summed E-state index contributed by atoms with van der Waals surface area (Å²) in [5.74, 6) is 0. The molecule has 1 rings (SSSR count). The van der Waals surface area contributed by atoms with E-state index >= 15 is 0 Å². The Hall–Kier alpha value is -0.250. The minimum atomic E-state index is 0. The number of hydrogen-bond acceptors (Lipinski definition) is 2. The van der Waals surface area contributed by atoms with Gasteiger partial charge in [-0.3, -0.25) is 0 Å². The van der Waals surface area contributed by atoms with Gasteiger partial charge in [0.2, 0.25) is 0 Å². The fraction of sp³-hybridized carbons (Fsp3) is 0.500. The Morgan fingerprint density at radius 1 is 1.45 bits per heavy atom. The first-order valence-electron chi connectivity index (χ1n) is 3.11. The van der Waals surface area contributed by atoms with Gasteiger partial charge in [-0.2, -0.15) is 0 Å². The van der Waals surface area contributed by atoms with Crippen LogP contribution in [0.15, 0.2) is 12.5 Å². The van der Waals surface area contributed by atoms with Gasteiger partial charge in [0.1, 0.15) is 0 Å². The predicted molar refractivity (Wildman–Crippen MR) is 50.5 cm³/mol. The molecule has 1 aromatic heterocycles. The lowest BCUT2D eigenvalue weighted by atomic mass is 10.2. The molecule has 0 aliphatic rings. The highest BCUT2D eigenvalue weighted by atomic mass is 35.5. The van der Waals surface area contributed by atoms with E-state index in [-0.39, 0.29) is 24.8 Å². The molecule has 0 saturated heterocycles. The predicted octanol–water partition coefficient (Wildman–Crippen LogP) is 1.14. The largest absolute Gasteiger partial charge is 0.348 e. The summed E-state index contributed by atoms with van der Waals surface area (Å²) in [4.78, 5) is 6.88. The molecule has 0 radical (unpaired) electrons. The van der Waals surface area contributed by atoms with Gasteiger partial charge >= 0.3 is 0 Å². The summed E-state index contributed by atoms with van der Waals surface area (Å²) >= 11 is 0. The number of imidazole rings is 1. The Labute approximate surface area is 78.6 Å². The molecule has 0 unspecified atom stereocenters. The smallest absolute Gasteiger partial charge is 0.0921 e. The van der Waals surface area contributed by atoms with Crippen LogP contribution < -0.4 is 5.73 Å². The number of nitrogens with one attached hydrogen (secondary N) is 1. The Balaban J connectivity index is 0. The number of hydrogen-bond donors (Lipinski definition) is 2. The number of aromatic amines is 1. The molecule has 0 aliphatic heterocycles. The highest BCUT2D eigenvalue weighted by Crippen LogP contribution is 1.93. The molecule has 1 aromatic rings. The molecule has 0 aliphatic carbocycles. The number of nitrogens with two attached hydrogens (primary N) is 1. The first-order valence-corrected chi connectivity index (χ1v) is 3.11. The maximum Gasteiger partial charge on any atom is 0.0921 e. The van der Waals surface area contributed by atoms with Gasteiger partial charge in [-0.15, -0.1) is 24.8 Å². The van der Waals surface area contributed by atoms with Gasteiger partial charge in [0.15, 0.2) is 0 Å². The summed E-state index contributed by atoms with van der Waals surface area (Å²) < 4.78 is 0. The summed E-state index contributed by atoms with van der Waals surface area (Å²) in [7, 11) is 0. The normalized spacial score (nSPS) is 8.09. The summed E-state index contributed by atoms with van der Waals surface area (Å²) in [6.07, 6.45) is 5.56. The summed E-state index contributed by atoms with van der Waals surface area (Å²) in [5, 5.41) is 0. The van der Waals surface area contributed by atoms with Crippen LogP contribution in [0.3, 0.4) is 0 Å². The van der Waals surface area contributed by atoms with E-state index < -0.39 is 0 Å². The number of aryl methyl sites for hydroxylation is 1. The molecule has 0 spiro atoms. The molecule has 66 valence electrons. The number of rotatable bonds is 3. The average molecular weight is 198 g/mol. The number of H-pyrrole nitrogens is 1. The van der Waals surface area contributed by atoms with Crippen molar-refractivity contribution in [3.05, 3.63) is 18.2 Å². The van der Waals surface area contributed by atoms with Gasteiger partial charge in [0.05, 0.1) is 6.33 Å². The van der Waals surface area contributed by atoms with E-state index in [0.717, 1.165) is 19.4 Å². The standard InChI is InChI=1S/C6H11N3.2ClH/c7-3-1-2-6-4-8-5-9-6;;/h4-5H,1-3,7H2,(H,8,9);2*1H. The second-order valence-corrected chi connectivity index (χ2v) is 1.97. The van der Waals surface area contributed by atoms with E-state index in [1.165, 1.54) is 5.69 Å². The van der Waals surface area contributed by atoms with Crippen LogP contribution in [-0.4, -0.2) is 16.5 Å². The Morgan fingerprint density at radius 3 is 2.64 bits per heavy atom. The molecular formula is C6H13Cl2N3. The maximum absolute atomic E-state index is 5.31. The number of halogens is 2. The van der Waals surface area contributed by atoms with Crippen LogP contribution in [0.25, 0.3) is 0 Å². The summed E-state index contributed by atoms with van der Waals surface area (Å²) in [6, 6.07) is 0. The monoisotopic (exact) mass is 197 g/mol. The quantitative estimate of drug-likeness (QED) is 0.765. The highest BCUT2D eigenvalue weighted by molar-refractivity contribution is 5.85. The van der Waals surface area contributed by atoms with Crippen LogP contribution in [-0.2, 0) is 6.42 Å². The van der Waals surface area contributed by atoms with Crippen LogP contribution in [0, 0.1) is 0 Å². The molecule has 0 atom stereocenters. The molecule has 0 saturated carbocycles. The van der Waals surface area contributed by atoms with Gasteiger partial charge in [0, 0.05) is 11.9 Å². The maximum atomic E-state index is 5.31. The Morgan fingerprint density at radius 2 is 2.18 bits per heavy atom. The SMILES string of the molecule is Cl.Cl.NCCCc1cnc[nH]1. The number of nitrogens with zero attached hydrogens (tertiary/aromatic N) is 1. The molecule has 3 nitrogen and oxygen atoms in total. The van der Waals surface area contributed by atoms with Gasteiger partial charge in [0.25, 0.3) is 0 Å². The van der Waals surface area contributed by atoms with Gasteiger partial charge in [-0.25, -0.2) is 4.98 Å². The van der Waals surface area contributed by atoms with Gasteiger partial charge < -0.3 is 10.7 Å². The molecule has 0 aromatic carbocycles. The van der Waals surface area contributed by atoms with Crippen molar-refractivity contribution in [2.24, 2.45) is 5.73 Å². The summed E-state index contributed by atoms with van der Waals surface area (Å²) in [5.41, 5.74) is 6.48. The third kappa shape index (κ3) is 5.07. The molecule has 0 fully saturated rings. The van der Waals surface area contributed by atoms with Crippen LogP contribution >= 0.6 is 24.8 Å². The average Bonchev–Trinajstić information content (AvgIpc) is 2.34. The van der Waals surface area contributed by atoms with Gasteiger partial charge in [-0.1, -0.05) is 0 Å². The van der Waals surface area contributed by atoms with Crippen molar-refractivity contribution < 1.29 is 0 Å². The van der Waals surface area contributed by atoms with Crippen molar-refractivity contribution >= 4 is 24.8 Å². The highest BCUT2D eigenvalue weighted by Gasteiger charge is 1.89. The first-order chi connectivity index (χ1) is 4.43. The summed E-state index contributed by atoms with van der Waals surface area (Å²) in [6.45, 7) is 0.749. The van der Waals surface area contributed by atoms with E-state index in [1.807, 2.05) is 6.20 Å². The van der Waals surface area contributed by atoms with Crippen molar-refractivity contribution in [1.82, 2.24) is 9.97 Å². The van der Waals surface area contributed by atoms with E-state index in [1.54, 1.807) is 6.33 Å². The van der Waals surface area contributed by atoms with E-state index in [2.05, 4.69) is 9.97 Å². The van der Waals surface area contributed by atoms with E-state index in [0.29, 0.717) is 0 Å². The van der Waals surface area contributed by atoms with Crippen LogP contribution in [0.1, 0.15) is 12.1 Å². The third-order valence-electron chi connectivity index (χ3n) is 1.21. The lowest BCUT2D eigenvalue weighted by Gasteiger charge is -1.90. The molecule has 0 amide bonds. The van der Waals surface area contributed by atoms with E-state index in [9.17, 15) is 0 Å². The fourth-order valence-electron chi connectivity index (χ4n) is 0.714. The minimum Gasteiger partial charge on any atom is -0.348 e. The van der Waals surface area contributed by atoms with Crippen molar-refractivity contribution in [3.8, 4) is 0 Å². The zero-order valence-electron chi connectivity index (χ0n) is 6.12. The topological polar surface area (TPSA) is 54.7 Å². The first kappa shape index (κ1) is 13.3. The van der Waals surface area contributed by atoms with E-state index in [4.69, 9.17) is 5.73 Å². The van der Waals surface area contributed by atoms with Crippen LogP contribution in [0.2, 0.25) is 0 Å². The van der Waals surface area contributed by atoms with Crippen molar-refractivity contribution in [2.75, 3.05) is 6.54 Å². The molecule has 3 N–H and O–H groups in total. The fourth-order valence-corrected chi connectivity index (χ4v) is 0.714. The van der Waals surface area contributed by atoms with Crippen LogP contribution in [0.5, 0.6) is 0 Å². The van der Waals surface area contributed by atoms with Crippen LogP contribution in [0.4, 0.5) is 0 Å². The lowest BCUT2D eigenvalue weighted by Crippen LogP contribution is -2.00. The zero-order chi connectivity index (χ0) is 6.53. The minimum absolute atomic E-state index is 0. The molecule has 1 heterocycles. The zero-order valence-corrected chi connectivity index (χ0v) is 7.75. The Bertz CT molecular complexity index is 153. The molecule has 5 heteroatoms. The lowest BCUT2D eigenvalue weighted by molar-refractivity contribution is 0.815. The molecule has 11 heavy (non-hydrogen) atoms. The molecule has 0 bridgehead atoms. The number of aromatic nitrogens is 2. The van der Waals surface area contributed by atoms with Crippen molar-refractivity contribution in [2.45, 2.75) is 12.8 Å². The molecular weight excluding hydrogens is 185 g/mol. The second-order valence-electron chi connectivity index (χ2n) is 1.97. The van der Waals surface area contributed by atoms with Crippen molar-refractivity contribution in [3.63, 3.8) is 0 Å². The second kappa shape index (κ2) is 7.85. The van der Waals surface area contributed by atoms with Crippen molar-refractivity contribution in [1.29, 1.82) is 0 Å².